The molecule has 0 spiro atoms. The van der Waals surface area contributed by atoms with Crippen LogP contribution in [-0.2, 0) is 16.4 Å². The number of carboxylic acid groups (broad SMARTS) is 1. The van der Waals surface area contributed by atoms with E-state index in [0.29, 0.717) is 40.2 Å². The molecule has 9 heteroatoms. The van der Waals surface area contributed by atoms with Crippen LogP contribution in [0.1, 0.15) is 16.1 Å². The van der Waals surface area contributed by atoms with Crippen LogP contribution in [0.2, 0.25) is 5.02 Å². The van der Waals surface area contributed by atoms with E-state index < -0.39 is 15.8 Å². The Hall–Kier alpha value is -1.87. The SMILES string of the molecule is O=C(O)c1c(CN2CCS(=O)(=O)CC2)c2cc(Br)c(Cl)cc2n1-c1ccccc1. The van der Waals surface area contributed by atoms with E-state index in [-0.39, 0.29) is 17.2 Å². The van der Waals surface area contributed by atoms with Gasteiger partial charge in [-0.05, 0) is 40.2 Å². The summed E-state index contributed by atoms with van der Waals surface area (Å²) in [6, 6.07) is 12.8. The molecule has 29 heavy (non-hydrogen) atoms. The molecule has 6 nitrogen and oxygen atoms in total. The molecule has 1 N–H and O–H groups in total. The highest BCUT2D eigenvalue weighted by Gasteiger charge is 2.28. The van der Waals surface area contributed by atoms with Gasteiger partial charge in [0.15, 0.2) is 9.84 Å². The number of benzene rings is 2. The van der Waals surface area contributed by atoms with Crippen molar-refractivity contribution in [3.05, 3.63) is 63.2 Å². The van der Waals surface area contributed by atoms with Crippen molar-refractivity contribution in [2.75, 3.05) is 24.6 Å². The molecular weight excluding hydrogens is 480 g/mol. The highest BCUT2D eigenvalue weighted by atomic mass is 79.9. The molecule has 1 aliphatic rings. The zero-order chi connectivity index (χ0) is 20.8. The monoisotopic (exact) mass is 496 g/mol. The van der Waals surface area contributed by atoms with Crippen LogP contribution in [0.15, 0.2) is 46.9 Å². The van der Waals surface area contributed by atoms with E-state index in [1.165, 1.54) is 0 Å². The van der Waals surface area contributed by atoms with Gasteiger partial charge in [0.05, 0.1) is 22.0 Å². The molecule has 2 heterocycles. The Morgan fingerprint density at radius 1 is 1.14 bits per heavy atom. The first-order valence-electron chi connectivity index (χ1n) is 9.00. The number of halogens is 2. The number of aromatic nitrogens is 1. The summed E-state index contributed by atoms with van der Waals surface area (Å²) >= 11 is 9.76. The molecule has 0 radical (unpaired) electrons. The zero-order valence-electron chi connectivity index (χ0n) is 15.3. The van der Waals surface area contributed by atoms with Gasteiger partial charge in [-0.1, -0.05) is 29.8 Å². The van der Waals surface area contributed by atoms with Gasteiger partial charge in [0.25, 0.3) is 0 Å². The predicted molar refractivity (Wildman–Crippen MR) is 117 cm³/mol. The van der Waals surface area contributed by atoms with E-state index in [9.17, 15) is 18.3 Å². The number of sulfone groups is 1. The first-order chi connectivity index (χ1) is 13.8. The normalized spacial score (nSPS) is 16.9. The molecule has 0 atom stereocenters. The first-order valence-corrected chi connectivity index (χ1v) is 12.0. The molecule has 0 unspecified atom stereocenters. The van der Waals surface area contributed by atoms with Crippen molar-refractivity contribution in [1.29, 1.82) is 0 Å². The van der Waals surface area contributed by atoms with Crippen molar-refractivity contribution in [2.45, 2.75) is 6.54 Å². The molecule has 152 valence electrons. The average molecular weight is 498 g/mol. The summed E-state index contributed by atoms with van der Waals surface area (Å²) in [4.78, 5) is 14.3. The number of aromatic carboxylic acids is 1. The maximum absolute atomic E-state index is 12.3. The van der Waals surface area contributed by atoms with Crippen molar-refractivity contribution in [3.8, 4) is 5.69 Å². The number of rotatable bonds is 4. The smallest absolute Gasteiger partial charge is 0.353 e. The number of carbonyl (C=O) groups is 1. The van der Waals surface area contributed by atoms with Gasteiger partial charge in [0.1, 0.15) is 5.69 Å². The minimum Gasteiger partial charge on any atom is -0.477 e. The van der Waals surface area contributed by atoms with Gasteiger partial charge < -0.3 is 9.67 Å². The average Bonchev–Trinajstić information content (AvgIpc) is 2.98. The second-order valence-corrected chi connectivity index (χ2v) is 10.6. The van der Waals surface area contributed by atoms with Crippen molar-refractivity contribution in [3.63, 3.8) is 0 Å². The summed E-state index contributed by atoms with van der Waals surface area (Å²) in [5.41, 5.74) is 2.23. The largest absolute Gasteiger partial charge is 0.477 e. The molecule has 0 bridgehead atoms. The Labute approximate surface area is 181 Å². The van der Waals surface area contributed by atoms with Crippen LogP contribution in [0.3, 0.4) is 0 Å². The lowest BCUT2D eigenvalue weighted by atomic mass is 10.1. The van der Waals surface area contributed by atoms with E-state index in [4.69, 9.17) is 11.6 Å². The van der Waals surface area contributed by atoms with Gasteiger partial charge in [-0.3, -0.25) is 4.90 Å². The summed E-state index contributed by atoms with van der Waals surface area (Å²) in [6.45, 7) is 1.11. The number of fused-ring (bicyclic) bond motifs is 1. The summed E-state index contributed by atoms with van der Waals surface area (Å²) in [7, 11) is -3.02. The fourth-order valence-corrected chi connectivity index (χ4v) is 5.49. The molecule has 4 rings (SSSR count). The molecule has 2 aromatic carbocycles. The van der Waals surface area contributed by atoms with Gasteiger partial charge in [0.2, 0.25) is 0 Å². The van der Waals surface area contributed by atoms with Crippen LogP contribution >= 0.6 is 27.5 Å². The highest BCUT2D eigenvalue weighted by molar-refractivity contribution is 9.10. The number of hydrogen-bond acceptors (Lipinski definition) is 4. The Bertz CT molecular complexity index is 1190. The van der Waals surface area contributed by atoms with Crippen molar-refractivity contribution in [2.24, 2.45) is 0 Å². The summed E-state index contributed by atoms with van der Waals surface area (Å²) in [6.07, 6.45) is 0. The van der Waals surface area contributed by atoms with Crippen molar-refractivity contribution >= 4 is 54.2 Å². The fraction of sp³-hybridized carbons (Fsp3) is 0.250. The number of nitrogens with zero attached hydrogens (tertiary/aromatic N) is 2. The van der Waals surface area contributed by atoms with E-state index in [0.717, 1.165) is 11.1 Å². The van der Waals surface area contributed by atoms with Gasteiger partial charge in [-0.2, -0.15) is 0 Å². The van der Waals surface area contributed by atoms with Crippen LogP contribution in [0.5, 0.6) is 0 Å². The fourth-order valence-electron chi connectivity index (χ4n) is 3.71. The molecule has 0 aliphatic carbocycles. The lowest BCUT2D eigenvalue weighted by Gasteiger charge is -2.26. The van der Waals surface area contributed by atoms with Crippen molar-refractivity contribution in [1.82, 2.24) is 9.47 Å². The van der Waals surface area contributed by atoms with Crippen LogP contribution in [0.25, 0.3) is 16.6 Å². The topological polar surface area (TPSA) is 79.6 Å². The van der Waals surface area contributed by atoms with E-state index >= 15 is 0 Å². The van der Waals surface area contributed by atoms with Crippen LogP contribution in [0, 0.1) is 0 Å². The van der Waals surface area contributed by atoms with E-state index in [1.54, 1.807) is 10.6 Å². The lowest BCUT2D eigenvalue weighted by Crippen LogP contribution is -2.39. The maximum Gasteiger partial charge on any atom is 0.353 e. The molecule has 3 aromatic rings. The number of carboxylic acids is 1. The standard InChI is InChI=1S/C20H18BrClN2O4S/c21-16-10-14-15(12-23-6-8-29(27,28)9-7-23)19(20(25)26)24(18(14)11-17(16)22)13-4-2-1-3-5-13/h1-5,10-11H,6-9,12H2,(H,25,26). The zero-order valence-corrected chi connectivity index (χ0v) is 18.5. The van der Waals surface area contributed by atoms with Gasteiger partial charge >= 0.3 is 5.97 Å². The summed E-state index contributed by atoms with van der Waals surface area (Å²) in [5.74, 6) is -0.873. The molecular formula is C20H18BrClN2O4S. The first kappa shape index (κ1) is 20.4. The summed E-state index contributed by atoms with van der Waals surface area (Å²) in [5, 5.41) is 11.3. The minimum absolute atomic E-state index is 0.0856. The van der Waals surface area contributed by atoms with E-state index in [1.807, 2.05) is 41.3 Å². The predicted octanol–water partition coefficient (Wildman–Crippen LogP) is 3.98. The second-order valence-electron chi connectivity index (χ2n) is 7.01. The Kier molecular flexibility index (Phi) is 5.46. The second kappa shape index (κ2) is 7.75. The molecule has 1 saturated heterocycles. The van der Waals surface area contributed by atoms with Crippen LogP contribution in [0.4, 0.5) is 0 Å². The maximum atomic E-state index is 12.3. The Morgan fingerprint density at radius 2 is 1.79 bits per heavy atom. The van der Waals surface area contributed by atoms with Gasteiger partial charge in [-0.15, -0.1) is 0 Å². The van der Waals surface area contributed by atoms with Crippen molar-refractivity contribution < 1.29 is 18.3 Å². The molecule has 1 aliphatic heterocycles. The third kappa shape index (κ3) is 3.94. The third-order valence-corrected chi connectivity index (χ3v) is 7.96. The van der Waals surface area contributed by atoms with Crippen LogP contribution in [-0.4, -0.2) is 53.6 Å². The quantitative estimate of drug-likeness (QED) is 0.590. The molecule has 0 saturated carbocycles. The molecule has 1 aromatic heterocycles. The number of para-hydroxylation sites is 1. The highest BCUT2D eigenvalue weighted by Crippen LogP contribution is 2.36. The lowest BCUT2D eigenvalue weighted by molar-refractivity contribution is 0.0686. The summed E-state index contributed by atoms with van der Waals surface area (Å²) < 4.78 is 25.9. The van der Waals surface area contributed by atoms with Gasteiger partial charge in [-0.25, -0.2) is 13.2 Å². The Balaban J connectivity index is 1.92. The van der Waals surface area contributed by atoms with Gasteiger partial charge in [0, 0.05) is 40.7 Å². The third-order valence-electron chi connectivity index (χ3n) is 5.15. The molecule has 1 fully saturated rings. The Morgan fingerprint density at radius 3 is 2.41 bits per heavy atom. The van der Waals surface area contributed by atoms with E-state index in [2.05, 4.69) is 15.9 Å². The van der Waals surface area contributed by atoms with Crippen LogP contribution < -0.4 is 0 Å². The molecule has 0 amide bonds. The number of hydrogen-bond donors (Lipinski definition) is 1. The minimum atomic E-state index is -3.02.